The normalized spacial score (nSPS) is 21.9. The van der Waals surface area contributed by atoms with Gasteiger partial charge in [-0.1, -0.05) is 12.8 Å². The first-order chi connectivity index (χ1) is 11.7. The molecule has 1 radical (unpaired) electrons. The number of hydrogen-bond donors (Lipinski definition) is 1. The molecule has 1 atom stereocenters. The summed E-state index contributed by atoms with van der Waals surface area (Å²) in [7, 11) is -4.83. The molecule has 2 rings (SSSR count). The van der Waals surface area contributed by atoms with Crippen molar-refractivity contribution in [3.05, 3.63) is 0 Å². The van der Waals surface area contributed by atoms with Crippen molar-refractivity contribution in [2.45, 2.75) is 94.5 Å². The monoisotopic (exact) mass is 399 g/mol. The number of carbonyl (C=O) groups excluding carboxylic acids is 2. The van der Waals surface area contributed by atoms with Crippen molar-refractivity contribution in [1.82, 2.24) is 0 Å². The van der Waals surface area contributed by atoms with Crippen LogP contribution in [0.3, 0.4) is 0 Å². The minimum absolute atomic E-state index is 0. The van der Waals surface area contributed by atoms with Crippen molar-refractivity contribution in [1.29, 1.82) is 0 Å². The molecule has 0 aromatic carbocycles. The summed E-state index contributed by atoms with van der Waals surface area (Å²) >= 11 is 0. The Kier molecular flexibility index (Phi) is 9.56. The van der Waals surface area contributed by atoms with Crippen LogP contribution < -0.4 is 0 Å². The largest absolute Gasteiger partial charge is 0.462 e. The van der Waals surface area contributed by atoms with Gasteiger partial charge in [-0.05, 0) is 58.3 Å². The third kappa shape index (κ3) is 6.48. The van der Waals surface area contributed by atoms with E-state index in [1.54, 1.807) is 0 Å². The van der Waals surface area contributed by atoms with Crippen molar-refractivity contribution in [3.8, 4) is 0 Å². The van der Waals surface area contributed by atoms with E-state index in [0.29, 0.717) is 12.8 Å². The smallest absolute Gasteiger partial charge is 0.330 e. The maximum absolute atomic E-state index is 12.4. The minimum Gasteiger partial charge on any atom is -0.462 e. The molecule has 7 nitrogen and oxygen atoms in total. The summed E-state index contributed by atoms with van der Waals surface area (Å²) in [6.07, 6.45) is 7.32. The van der Waals surface area contributed by atoms with E-state index in [9.17, 15) is 22.6 Å². The van der Waals surface area contributed by atoms with Gasteiger partial charge >= 0.3 is 11.9 Å². The van der Waals surface area contributed by atoms with Gasteiger partial charge in [0.15, 0.2) is 0 Å². The van der Waals surface area contributed by atoms with Gasteiger partial charge in [-0.25, -0.2) is 0 Å². The SMILES string of the molecule is CC(CC(=O)OC1CCCCC1)(C(=O)OC1CCCCC1)S(=O)(=O)O.[Na]. The number of carbonyl (C=O) groups is 2. The van der Waals surface area contributed by atoms with Gasteiger partial charge in [0.1, 0.15) is 12.2 Å². The second kappa shape index (κ2) is 10.4. The first-order valence-corrected chi connectivity index (χ1v) is 10.5. The van der Waals surface area contributed by atoms with E-state index >= 15 is 0 Å². The summed E-state index contributed by atoms with van der Waals surface area (Å²) in [5, 5.41) is 0. The molecular formula is C17H28NaO7S. The molecule has 0 aromatic heterocycles. The molecule has 1 N–H and O–H groups in total. The molecule has 0 bridgehead atoms. The first kappa shape index (κ1) is 23.9. The van der Waals surface area contributed by atoms with Crippen LogP contribution in [0.15, 0.2) is 0 Å². The quantitative estimate of drug-likeness (QED) is 0.415. The van der Waals surface area contributed by atoms with E-state index in [2.05, 4.69) is 0 Å². The van der Waals surface area contributed by atoms with Gasteiger partial charge in [0.05, 0.1) is 6.42 Å². The minimum atomic E-state index is -4.83. The van der Waals surface area contributed by atoms with Crippen LogP contribution in [0, 0.1) is 0 Å². The fraction of sp³-hybridized carbons (Fsp3) is 0.882. The molecule has 2 aliphatic carbocycles. The fourth-order valence-electron chi connectivity index (χ4n) is 3.41. The Morgan fingerprint density at radius 3 is 1.77 bits per heavy atom. The average Bonchev–Trinajstić information content (AvgIpc) is 2.55. The Labute approximate surface area is 177 Å². The van der Waals surface area contributed by atoms with Crippen LogP contribution in [0.25, 0.3) is 0 Å². The predicted molar refractivity (Wildman–Crippen MR) is 96.3 cm³/mol. The molecule has 2 aliphatic rings. The van der Waals surface area contributed by atoms with Crippen LogP contribution in [-0.2, 0) is 29.2 Å². The molecule has 0 amide bonds. The average molecular weight is 399 g/mol. The van der Waals surface area contributed by atoms with Crippen molar-refractivity contribution in [2.24, 2.45) is 0 Å². The van der Waals surface area contributed by atoms with Gasteiger partial charge in [-0.15, -0.1) is 0 Å². The molecular weight excluding hydrogens is 371 g/mol. The second-order valence-corrected chi connectivity index (χ2v) is 9.15. The molecule has 9 heteroatoms. The third-order valence-corrected chi connectivity index (χ3v) is 6.61. The zero-order valence-corrected chi connectivity index (χ0v) is 18.6. The fourth-order valence-corrected chi connectivity index (χ4v) is 3.97. The van der Waals surface area contributed by atoms with Gasteiger partial charge in [0.25, 0.3) is 10.1 Å². The predicted octanol–water partition coefficient (Wildman–Crippen LogP) is 2.39. The standard InChI is InChI=1S/C17H28O7S.Na/c1-17(25(20,21)22,16(19)24-14-10-6-3-7-11-14)12-15(18)23-13-8-4-2-5-9-13;/h13-14H,2-12H2,1H3,(H,20,21,22);. The van der Waals surface area contributed by atoms with Gasteiger partial charge in [0.2, 0.25) is 4.75 Å². The van der Waals surface area contributed by atoms with Crippen LogP contribution >= 0.6 is 0 Å². The maximum atomic E-state index is 12.4. The van der Waals surface area contributed by atoms with Crippen molar-refractivity contribution in [2.75, 3.05) is 0 Å². The maximum Gasteiger partial charge on any atom is 0.330 e. The van der Waals surface area contributed by atoms with Gasteiger partial charge < -0.3 is 9.47 Å². The molecule has 0 aliphatic heterocycles. The summed E-state index contributed by atoms with van der Waals surface area (Å²) in [5.41, 5.74) is 0. The third-order valence-electron chi connectivity index (χ3n) is 5.16. The molecule has 2 saturated carbocycles. The number of hydrogen-bond acceptors (Lipinski definition) is 6. The molecule has 0 aromatic rings. The Morgan fingerprint density at radius 1 is 0.923 bits per heavy atom. The van der Waals surface area contributed by atoms with Crippen LogP contribution in [-0.4, -0.2) is 71.4 Å². The van der Waals surface area contributed by atoms with Crippen molar-refractivity contribution >= 4 is 51.6 Å². The summed E-state index contributed by atoms with van der Waals surface area (Å²) in [6, 6.07) is 0. The van der Waals surface area contributed by atoms with Crippen LogP contribution in [0.2, 0.25) is 0 Å². The van der Waals surface area contributed by atoms with E-state index < -0.39 is 33.2 Å². The molecule has 0 saturated heterocycles. The first-order valence-electron chi connectivity index (χ1n) is 9.10. The molecule has 1 unspecified atom stereocenters. The van der Waals surface area contributed by atoms with Crippen molar-refractivity contribution < 1.29 is 32.0 Å². The topological polar surface area (TPSA) is 107 Å². The summed E-state index contributed by atoms with van der Waals surface area (Å²) in [5.74, 6) is -1.88. The number of rotatable bonds is 6. The second-order valence-electron chi connectivity index (χ2n) is 7.30. The number of esters is 2. The summed E-state index contributed by atoms with van der Waals surface area (Å²) in [4.78, 5) is 24.6. The van der Waals surface area contributed by atoms with E-state index in [-0.39, 0.29) is 41.8 Å². The molecule has 26 heavy (non-hydrogen) atoms. The van der Waals surface area contributed by atoms with Gasteiger partial charge in [-0.2, -0.15) is 8.42 Å². The van der Waals surface area contributed by atoms with E-state index in [1.165, 1.54) is 0 Å². The van der Waals surface area contributed by atoms with Crippen LogP contribution in [0.4, 0.5) is 0 Å². The molecule has 145 valence electrons. The summed E-state index contributed by atoms with van der Waals surface area (Å²) < 4.78 is 41.4. The molecule has 0 heterocycles. The summed E-state index contributed by atoms with van der Waals surface area (Å²) in [6.45, 7) is 1.02. The zero-order chi connectivity index (χ0) is 18.5. The van der Waals surface area contributed by atoms with Crippen LogP contribution in [0.1, 0.15) is 77.6 Å². The zero-order valence-electron chi connectivity index (χ0n) is 15.7. The van der Waals surface area contributed by atoms with Crippen LogP contribution in [0.5, 0.6) is 0 Å². The van der Waals surface area contributed by atoms with Gasteiger partial charge in [-0.3, -0.25) is 14.1 Å². The van der Waals surface area contributed by atoms with Gasteiger partial charge in [0, 0.05) is 29.6 Å². The Morgan fingerprint density at radius 2 is 1.35 bits per heavy atom. The Hall–Kier alpha value is -0.150. The Bertz CT molecular complexity index is 580. The number of ether oxygens (including phenoxy) is 2. The van der Waals surface area contributed by atoms with E-state index in [4.69, 9.17) is 9.47 Å². The Balaban J connectivity index is 0.00000338. The molecule has 2 fully saturated rings. The molecule has 0 spiro atoms. The van der Waals surface area contributed by atoms with E-state index in [1.807, 2.05) is 0 Å². The van der Waals surface area contributed by atoms with Crippen molar-refractivity contribution in [3.63, 3.8) is 0 Å². The van der Waals surface area contributed by atoms with E-state index in [0.717, 1.165) is 58.3 Å².